The van der Waals surface area contributed by atoms with Crippen molar-refractivity contribution in [3.63, 3.8) is 0 Å². The molecule has 2 N–H and O–H groups in total. The lowest BCUT2D eigenvalue weighted by atomic mass is 10.3. The second kappa shape index (κ2) is 7.24. The van der Waals surface area contributed by atoms with Gasteiger partial charge in [-0.1, -0.05) is 12.2 Å². The number of carbonyl (C=O) groups is 1. The molecule has 0 atom stereocenters. The van der Waals surface area contributed by atoms with Gasteiger partial charge in [0, 0.05) is 6.54 Å². The summed E-state index contributed by atoms with van der Waals surface area (Å²) < 4.78 is 0. The van der Waals surface area contributed by atoms with Crippen LogP contribution < -0.4 is 5.32 Å². The van der Waals surface area contributed by atoms with Crippen molar-refractivity contribution in [2.24, 2.45) is 4.99 Å². The molecule has 0 aliphatic rings. The first kappa shape index (κ1) is 11.6. The number of carboxylic acid groups (broad SMARTS) is 1. The van der Waals surface area contributed by atoms with Crippen molar-refractivity contribution in [2.75, 3.05) is 13.1 Å². The van der Waals surface area contributed by atoms with Crippen LogP contribution in [0.5, 0.6) is 0 Å². The molecule has 0 spiro atoms. The normalized spacial score (nSPS) is 11.9. The van der Waals surface area contributed by atoms with Crippen molar-refractivity contribution in [1.82, 2.24) is 5.32 Å². The number of rotatable bonds is 6. The quantitative estimate of drug-likeness (QED) is 0.472. The molecule has 0 saturated carbocycles. The van der Waals surface area contributed by atoms with Gasteiger partial charge in [0.25, 0.3) is 0 Å². The van der Waals surface area contributed by atoms with Gasteiger partial charge in [-0.2, -0.15) is 0 Å². The molecular weight excluding hydrogens is 168 g/mol. The Bertz CT molecular complexity index is 232. The third kappa shape index (κ3) is 6.96. The summed E-state index contributed by atoms with van der Waals surface area (Å²) in [6, 6.07) is 0. The summed E-state index contributed by atoms with van der Waals surface area (Å²) in [4.78, 5) is 13.9. The summed E-state index contributed by atoms with van der Waals surface area (Å²) in [5.41, 5.74) is 0.722. The Balaban J connectivity index is 3.85. The van der Waals surface area contributed by atoms with E-state index in [9.17, 15) is 4.79 Å². The van der Waals surface area contributed by atoms with Crippen LogP contribution in [0.2, 0.25) is 0 Å². The van der Waals surface area contributed by atoms with Crippen molar-refractivity contribution < 1.29 is 9.90 Å². The highest BCUT2D eigenvalue weighted by molar-refractivity contribution is 5.69. The number of allylic oxidation sites excluding steroid dienone is 3. The molecule has 0 unspecified atom stereocenters. The molecule has 13 heavy (non-hydrogen) atoms. The number of aliphatic carboxylic acids is 1. The molecule has 0 aromatic carbocycles. The highest BCUT2D eigenvalue weighted by Gasteiger charge is 1.95. The molecule has 0 radical (unpaired) electrons. The number of aliphatic imine (C=N–C) groups is 1. The van der Waals surface area contributed by atoms with E-state index in [2.05, 4.69) is 17.0 Å². The van der Waals surface area contributed by atoms with E-state index in [4.69, 9.17) is 5.11 Å². The van der Waals surface area contributed by atoms with Gasteiger partial charge >= 0.3 is 5.97 Å². The van der Waals surface area contributed by atoms with Gasteiger partial charge < -0.3 is 10.4 Å². The van der Waals surface area contributed by atoms with Gasteiger partial charge in [0.2, 0.25) is 0 Å². The van der Waals surface area contributed by atoms with E-state index >= 15 is 0 Å². The molecule has 0 saturated heterocycles. The predicted molar refractivity (Wildman–Crippen MR) is 53.0 cm³/mol. The van der Waals surface area contributed by atoms with Crippen LogP contribution in [0, 0.1) is 0 Å². The van der Waals surface area contributed by atoms with E-state index in [0.717, 1.165) is 5.70 Å². The summed E-state index contributed by atoms with van der Waals surface area (Å²) in [5.74, 6) is -0.880. The van der Waals surface area contributed by atoms with Crippen LogP contribution in [0.1, 0.15) is 6.92 Å². The standard InChI is InChI=1S/C9H14N2O2/c1-3-4-5-8(10-2)6-11-7-9(12)13/h3-5,11H,2,6-7H2,1H3,(H,12,13)/b4-3-,8-5-. The van der Waals surface area contributed by atoms with Gasteiger partial charge in [0.1, 0.15) is 0 Å². The molecule has 0 bridgehead atoms. The summed E-state index contributed by atoms with van der Waals surface area (Å²) in [6.45, 7) is 5.61. The van der Waals surface area contributed by atoms with Crippen molar-refractivity contribution in [1.29, 1.82) is 0 Å². The van der Waals surface area contributed by atoms with E-state index in [1.54, 1.807) is 6.08 Å². The van der Waals surface area contributed by atoms with Gasteiger partial charge in [0.15, 0.2) is 0 Å². The lowest BCUT2D eigenvalue weighted by Crippen LogP contribution is -2.24. The minimum absolute atomic E-state index is 0.0668. The fourth-order valence-corrected chi connectivity index (χ4v) is 0.672. The fourth-order valence-electron chi connectivity index (χ4n) is 0.672. The summed E-state index contributed by atoms with van der Waals surface area (Å²) in [6.07, 6.45) is 5.47. The summed E-state index contributed by atoms with van der Waals surface area (Å²) in [5, 5.41) is 11.0. The van der Waals surface area contributed by atoms with Crippen LogP contribution in [0.25, 0.3) is 0 Å². The summed E-state index contributed by atoms with van der Waals surface area (Å²) >= 11 is 0. The Labute approximate surface area is 77.7 Å². The topological polar surface area (TPSA) is 61.7 Å². The Morgan fingerprint density at radius 3 is 2.77 bits per heavy atom. The molecule has 0 aliphatic heterocycles. The molecule has 72 valence electrons. The van der Waals surface area contributed by atoms with Crippen LogP contribution >= 0.6 is 0 Å². The molecular formula is C9H14N2O2. The second-order valence-electron chi connectivity index (χ2n) is 2.34. The van der Waals surface area contributed by atoms with Crippen LogP contribution in [-0.2, 0) is 4.79 Å². The maximum atomic E-state index is 10.1. The Morgan fingerprint density at radius 1 is 1.62 bits per heavy atom. The monoisotopic (exact) mass is 182 g/mol. The van der Waals surface area contributed by atoms with Crippen molar-refractivity contribution in [2.45, 2.75) is 6.92 Å². The number of carboxylic acids is 1. The average Bonchev–Trinajstić information content (AvgIpc) is 2.10. The molecule has 4 heteroatoms. The largest absolute Gasteiger partial charge is 0.480 e. The van der Waals surface area contributed by atoms with E-state index in [-0.39, 0.29) is 6.54 Å². The van der Waals surface area contributed by atoms with Crippen molar-refractivity contribution in [3.05, 3.63) is 23.9 Å². The molecule has 0 rings (SSSR count). The molecule has 0 aliphatic carbocycles. The lowest BCUT2D eigenvalue weighted by Gasteiger charge is -2.00. The maximum absolute atomic E-state index is 10.1. The maximum Gasteiger partial charge on any atom is 0.317 e. The molecule has 0 amide bonds. The first-order valence-electron chi connectivity index (χ1n) is 3.91. The highest BCUT2D eigenvalue weighted by atomic mass is 16.4. The van der Waals surface area contributed by atoms with Gasteiger partial charge in [-0.25, -0.2) is 0 Å². The SMILES string of the molecule is C=N/C(=C\C=C/C)CNCC(=O)O. The van der Waals surface area contributed by atoms with E-state index < -0.39 is 5.97 Å². The van der Waals surface area contributed by atoms with Crippen LogP contribution in [0.15, 0.2) is 28.9 Å². The second-order valence-corrected chi connectivity index (χ2v) is 2.34. The Morgan fingerprint density at radius 2 is 2.31 bits per heavy atom. The number of nitrogens with one attached hydrogen (secondary N) is 1. The van der Waals surface area contributed by atoms with E-state index in [0.29, 0.717) is 6.54 Å². The highest BCUT2D eigenvalue weighted by Crippen LogP contribution is 1.93. The molecule has 0 fully saturated rings. The zero-order chi connectivity index (χ0) is 10.1. The van der Waals surface area contributed by atoms with Gasteiger partial charge in [-0.15, -0.1) is 0 Å². The number of nitrogens with zero attached hydrogens (tertiary/aromatic N) is 1. The first-order valence-corrected chi connectivity index (χ1v) is 3.91. The smallest absolute Gasteiger partial charge is 0.317 e. The third-order valence-electron chi connectivity index (χ3n) is 1.27. The molecule has 0 aromatic heterocycles. The van der Waals surface area contributed by atoms with Crippen LogP contribution in [0.4, 0.5) is 0 Å². The Kier molecular flexibility index (Phi) is 6.45. The summed E-state index contributed by atoms with van der Waals surface area (Å²) in [7, 11) is 0. The molecule has 0 heterocycles. The van der Waals surface area contributed by atoms with Gasteiger partial charge in [-0.3, -0.25) is 9.79 Å². The lowest BCUT2D eigenvalue weighted by molar-refractivity contribution is -0.135. The average molecular weight is 182 g/mol. The first-order chi connectivity index (χ1) is 6.20. The Hall–Kier alpha value is -1.42. The minimum Gasteiger partial charge on any atom is -0.480 e. The number of hydrogen-bond donors (Lipinski definition) is 2. The van der Waals surface area contributed by atoms with E-state index in [1.165, 1.54) is 0 Å². The zero-order valence-electron chi connectivity index (χ0n) is 7.66. The van der Waals surface area contributed by atoms with Gasteiger partial charge in [0.05, 0.1) is 12.2 Å². The van der Waals surface area contributed by atoms with Crippen LogP contribution in [-0.4, -0.2) is 30.9 Å². The number of hydrogen-bond acceptors (Lipinski definition) is 3. The zero-order valence-corrected chi connectivity index (χ0v) is 7.66. The molecule has 4 nitrogen and oxygen atoms in total. The third-order valence-corrected chi connectivity index (χ3v) is 1.27. The predicted octanol–water partition coefficient (Wildman–Crippen LogP) is 0.821. The fraction of sp³-hybridized carbons (Fsp3) is 0.333. The van der Waals surface area contributed by atoms with Crippen molar-refractivity contribution >= 4 is 12.7 Å². The van der Waals surface area contributed by atoms with Crippen LogP contribution in [0.3, 0.4) is 0 Å². The van der Waals surface area contributed by atoms with E-state index in [1.807, 2.05) is 19.1 Å². The molecule has 0 aromatic rings. The minimum atomic E-state index is -0.880. The van der Waals surface area contributed by atoms with Crippen molar-refractivity contribution in [3.8, 4) is 0 Å². The van der Waals surface area contributed by atoms with Gasteiger partial charge in [-0.05, 0) is 19.7 Å².